The summed E-state index contributed by atoms with van der Waals surface area (Å²) in [7, 11) is 0. The van der Waals surface area contributed by atoms with E-state index in [4.69, 9.17) is 0 Å². The molecule has 0 spiro atoms. The molecule has 4 heteroatoms. The molecule has 3 rings (SSSR count). The number of carboxylic acids is 1. The summed E-state index contributed by atoms with van der Waals surface area (Å²) in [6, 6.07) is 13.6. The predicted molar refractivity (Wildman–Crippen MR) is 131 cm³/mol. The number of benzene rings is 2. The van der Waals surface area contributed by atoms with E-state index in [0.717, 1.165) is 42.4 Å². The number of nitrogens with zero attached hydrogens (tertiary/aromatic N) is 2. The second-order valence-corrected chi connectivity index (χ2v) is 8.71. The van der Waals surface area contributed by atoms with Crippen LogP contribution in [0.2, 0.25) is 0 Å². The van der Waals surface area contributed by atoms with Crippen molar-refractivity contribution in [1.29, 1.82) is 0 Å². The molecule has 1 unspecified atom stereocenters. The van der Waals surface area contributed by atoms with Crippen LogP contribution in [0.4, 0.5) is 0 Å². The van der Waals surface area contributed by atoms with Gasteiger partial charge in [0, 0.05) is 18.0 Å². The number of hydrogen-bond donors (Lipinski definition) is 1. The molecule has 1 N–H and O–H groups in total. The van der Waals surface area contributed by atoms with Crippen LogP contribution in [0.25, 0.3) is 22.5 Å². The van der Waals surface area contributed by atoms with Crippen LogP contribution in [0, 0.1) is 5.92 Å². The van der Waals surface area contributed by atoms with Crippen LogP contribution in [0.1, 0.15) is 74.4 Å². The van der Waals surface area contributed by atoms with Gasteiger partial charge in [0.2, 0.25) is 0 Å². The molecule has 1 heterocycles. The third kappa shape index (κ3) is 6.25. The molecule has 4 nitrogen and oxygen atoms in total. The minimum atomic E-state index is -0.932. The summed E-state index contributed by atoms with van der Waals surface area (Å²) in [5.41, 5.74) is 5.11. The lowest BCUT2D eigenvalue weighted by atomic mass is 9.94. The largest absolute Gasteiger partial charge is 0.478 e. The lowest BCUT2D eigenvalue weighted by Gasteiger charge is -2.12. The van der Waals surface area contributed by atoms with Gasteiger partial charge in [-0.05, 0) is 59.6 Å². The molecule has 2 aromatic carbocycles. The fraction of sp³-hybridized carbons (Fsp3) is 0.393. The first-order valence-corrected chi connectivity index (χ1v) is 11.8. The van der Waals surface area contributed by atoms with E-state index in [9.17, 15) is 9.90 Å². The zero-order valence-corrected chi connectivity index (χ0v) is 19.5. The highest BCUT2D eigenvalue weighted by Gasteiger charge is 2.14. The van der Waals surface area contributed by atoms with E-state index in [1.54, 1.807) is 12.1 Å². The SMILES string of the molecule is CCCCCCc1cnc(-c2ccc(C(=O)O)c(-c3ccc(CC(C)CC)cc3)c2)nc1. The van der Waals surface area contributed by atoms with Gasteiger partial charge in [-0.3, -0.25) is 0 Å². The van der Waals surface area contributed by atoms with Gasteiger partial charge in [-0.25, -0.2) is 14.8 Å². The van der Waals surface area contributed by atoms with Gasteiger partial charge in [-0.15, -0.1) is 0 Å². The van der Waals surface area contributed by atoms with Crippen molar-refractivity contribution in [2.45, 2.75) is 65.7 Å². The fourth-order valence-electron chi connectivity index (χ4n) is 3.86. The lowest BCUT2D eigenvalue weighted by Crippen LogP contribution is -2.01. The molecule has 0 amide bonds. The van der Waals surface area contributed by atoms with E-state index in [1.807, 2.05) is 30.6 Å². The van der Waals surface area contributed by atoms with Crippen molar-refractivity contribution in [3.8, 4) is 22.5 Å². The van der Waals surface area contributed by atoms with E-state index in [-0.39, 0.29) is 5.56 Å². The molecule has 0 aliphatic carbocycles. The number of unbranched alkanes of at least 4 members (excludes halogenated alkanes) is 3. The minimum Gasteiger partial charge on any atom is -0.478 e. The smallest absolute Gasteiger partial charge is 0.336 e. The number of aromatic carboxylic acids is 1. The maximum atomic E-state index is 11.9. The fourth-order valence-corrected chi connectivity index (χ4v) is 3.86. The molecule has 0 saturated heterocycles. The van der Waals surface area contributed by atoms with Crippen molar-refractivity contribution >= 4 is 5.97 Å². The Hall–Kier alpha value is -3.01. The van der Waals surface area contributed by atoms with E-state index < -0.39 is 5.97 Å². The van der Waals surface area contributed by atoms with Crippen molar-refractivity contribution in [2.75, 3.05) is 0 Å². The highest BCUT2D eigenvalue weighted by Crippen LogP contribution is 2.29. The molecule has 0 aliphatic rings. The van der Waals surface area contributed by atoms with Crippen LogP contribution in [0.5, 0.6) is 0 Å². The Morgan fingerprint density at radius 3 is 2.22 bits per heavy atom. The highest BCUT2D eigenvalue weighted by molar-refractivity contribution is 5.97. The van der Waals surface area contributed by atoms with Crippen molar-refractivity contribution in [2.24, 2.45) is 5.92 Å². The Balaban J connectivity index is 1.84. The summed E-state index contributed by atoms with van der Waals surface area (Å²) < 4.78 is 0. The number of carboxylic acid groups (broad SMARTS) is 1. The summed E-state index contributed by atoms with van der Waals surface area (Å²) >= 11 is 0. The molecular formula is C28H34N2O2. The molecule has 3 aromatic rings. The zero-order chi connectivity index (χ0) is 22.9. The second kappa shape index (κ2) is 11.6. The Morgan fingerprint density at radius 1 is 0.906 bits per heavy atom. The second-order valence-electron chi connectivity index (χ2n) is 8.71. The third-order valence-corrected chi connectivity index (χ3v) is 6.08. The van der Waals surface area contributed by atoms with Gasteiger partial charge >= 0.3 is 5.97 Å². The summed E-state index contributed by atoms with van der Waals surface area (Å²) in [5.74, 6) is 0.318. The van der Waals surface area contributed by atoms with Gasteiger partial charge in [-0.1, -0.05) is 76.8 Å². The highest BCUT2D eigenvalue weighted by atomic mass is 16.4. The van der Waals surface area contributed by atoms with Gasteiger partial charge in [0.05, 0.1) is 5.56 Å². The van der Waals surface area contributed by atoms with E-state index in [2.05, 4.69) is 42.9 Å². The molecular weight excluding hydrogens is 396 g/mol. The minimum absolute atomic E-state index is 0.288. The average molecular weight is 431 g/mol. The average Bonchev–Trinajstić information content (AvgIpc) is 2.82. The first-order valence-electron chi connectivity index (χ1n) is 11.8. The Bertz CT molecular complexity index is 1010. The standard InChI is InChI=1S/C28H34N2O2/c1-4-6-7-8-9-22-18-29-27(30-19-22)24-14-15-25(28(31)32)26(17-24)23-12-10-21(11-13-23)16-20(3)5-2/h10-15,17-20H,4-9,16H2,1-3H3,(H,31,32). The van der Waals surface area contributed by atoms with E-state index in [1.165, 1.54) is 24.8 Å². The van der Waals surface area contributed by atoms with Crippen LogP contribution in [0.3, 0.4) is 0 Å². The quantitative estimate of drug-likeness (QED) is 0.326. The van der Waals surface area contributed by atoms with Gasteiger partial charge in [0.15, 0.2) is 5.82 Å². The number of rotatable bonds is 11. The van der Waals surface area contributed by atoms with Crippen LogP contribution in [0.15, 0.2) is 54.9 Å². The monoisotopic (exact) mass is 430 g/mol. The molecule has 32 heavy (non-hydrogen) atoms. The summed E-state index contributed by atoms with van der Waals surface area (Å²) in [6.45, 7) is 6.66. The Kier molecular flexibility index (Phi) is 8.55. The number of aromatic nitrogens is 2. The Morgan fingerprint density at radius 2 is 1.59 bits per heavy atom. The molecule has 168 valence electrons. The summed E-state index contributed by atoms with van der Waals surface area (Å²) in [4.78, 5) is 21.0. The molecule has 0 bridgehead atoms. The molecule has 0 aliphatic heterocycles. The first-order chi connectivity index (χ1) is 15.5. The maximum Gasteiger partial charge on any atom is 0.336 e. The number of aryl methyl sites for hydroxylation is 1. The summed E-state index contributed by atoms with van der Waals surface area (Å²) in [5, 5.41) is 9.72. The van der Waals surface area contributed by atoms with Crippen LogP contribution in [-0.4, -0.2) is 21.0 Å². The Labute approximate surface area is 191 Å². The van der Waals surface area contributed by atoms with Crippen LogP contribution in [-0.2, 0) is 12.8 Å². The first kappa shape index (κ1) is 23.6. The number of hydrogen-bond acceptors (Lipinski definition) is 3. The molecule has 0 radical (unpaired) electrons. The lowest BCUT2D eigenvalue weighted by molar-refractivity contribution is 0.0697. The zero-order valence-electron chi connectivity index (χ0n) is 19.5. The molecule has 0 saturated carbocycles. The van der Waals surface area contributed by atoms with E-state index in [0.29, 0.717) is 17.3 Å². The number of carbonyl (C=O) groups is 1. The van der Waals surface area contributed by atoms with Crippen molar-refractivity contribution in [3.05, 3.63) is 71.5 Å². The third-order valence-electron chi connectivity index (χ3n) is 6.08. The summed E-state index contributed by atoms with van der Waals surface area (Å²) in [6.07, 6.45) is 11.8. The van der Waals surface area contributed by atoms with Gasteiger partial charge in [-0.2, -0.15) is 0 Å². The van der Waals surface area contributed by atoms with Crippen LogP contribution < -0.4 is 0 Å². The predicted octanol–water partition coefficient (Wildman–Crippen LogP) is 7.22. The molecule has 0 fully saturated rings. The van der Waals surface area contributed by atoms with Crippen molar-refractivity contribution in [1.82, 2.24) is 9.97 Å². The van der Waals surface area contributed by atoms with Crippen molar-refractivity contribution < 1.29 is 9.90 Å². The normalized spacial score (nSPS) is 12.0. The molecule has 1 aromatic heterocycles. The van der Waals surface area contributed by atoms with Crippen molar-refractivity contribution in [3.63, 3.8) is 0 Å². The van der Waals surface area contributed by atoms with Crippen LogP contribution >= 0.6 is 0 Å². The van der Waals surface area contributed by atoms with Gasteiger partial charge in [0.1, 0.15) is 0 Å². The molecule has 1 atom stereocenters. The van der Waals surface area contributed by atoms with E-state index >= 15 is 0 Å². The topological polar surface area (TPSA) is 63.1 Å². The van der Waals surface area contributed by atoms with Gasteiger partial charge in [0.25, 0.3) is 0 Å². The van der Waals surface area contributed by atoms with Gasteiger partial charge < -0.3 is 5.11 Å². The maximum absolute atomic E-state index is 11.9.